The van der Waals surface area contributed by atoms with E-state index >= 15 is 0 Å². The molecule has 0 unspecified atom stereocenters. The van der Waals surface area contributed by atoms with Gasteiger partial charge in [-0.2, -0.15) is 0 Å². The van der Waals surface area contributed by atoms with Crippen LogP contribution in [0.15, 0.2) is 78.0 Å². The van der Waals surface area contributed by atoms with E-state index in [0.29, 0.717) is 5.92 Å². The molecule has 0 N–H and O–H groups in total. The third-order valence-corrected chi connectivity index (χ3v) is 5.23. The van der Waals surface area contributed by atoms with Crippen LogP contribution in [0.2, 0.25) is 0 Å². The summed E-state index contributed by atoms with van der Waals surface area (Å²) >= 11 is 0. The molecule has 0 saturated carbocycles. The molecular weight excluding hydrogens is 324 g/mol. The minimum absolute atomic E-state index is 0.685. The van der Waals surface area contributed by atoms with Gasteiger partial charge in [0.25, 0.3) is 0 Å². The normalized spacial score (nSPS) is 12.4. The lowest BCUT2D eigenvalue weighted by molar-refractivity contribution is 0.529. The van der Waals surface area contributed by atoms with Crippen LogP contribution in [0.1, 0.15) is 64.2 Å². The highest BCUT2D eigenvalue weighted by molar-refractivity contribution is 5.46. The van der Waals surface area contributed by atoms with Crippen molar-refractivity contribution in [1.29, 1.82) is 0 Å². The minimum Gasteiger partial charge on any atom is -0.100 e. The van der Waals surface area contributed by atoms with Crippen LogP contribution in [0.5, 0.6) is 0 Å². The molecule has 0 fully saturated rings. The predicted octanol–water partition coefficient (Wildman–Crippen LogP) is 8.10. The van der Waals surface area contributed by atoms with Crippen molar-refractivity contribution >= 4 is 0 Å². The fourth-order valence-corrected chi connectivity index (χ4v) is 3.20. The number of allylic oxidation sites excluding steroid dienone is 7. The van der Waals surface area contributed by atoms with Gasteiger partial charge in [-0.25, -0.2) is 0 Å². The van der Waals surface area contributed by atoms with Crippen molar-refractivity contribution in [3.8, 4) is 0 Å². The first-order chi connectivity index (χ1) is 12.6. The third-order valence-electron chi connectivity index (χ3n) is 5.23. The highest BCUT2D eigenvalue weighted by Gasteiger charge is 2.08. The van der Waals surface area contributed by atoms with E-state index < -0.39 is 0 Å². The van der Waals surface area contributed by atoms with Crippen molar-refractivity contribution in [3.05, 3.63) is 94.6 Å². The second kappa shape index (κ2) is 10.9. The molecular formula is C27H38. The number of aryl methyl sites for hydroxylation is 2. The molecule has 0 bridgehead atoms. The van der Waals surface area contributed by atoms with Gasteiger partial charge in [0.2, 0.25) is 0 Å². The maximum atomic E-state index is 4.34. The molecule has 0 amide bonds. The van der Waals surface area contributed by atoms with Crippen molar-refractivity contribution < 1.29 is 0 Å². The molecule has 0 heterocycles. The summed E-state index contributed by atoms with van der Waals surface area (Å²) in [5, 5.41) is 0. The Bertz CT molecular complexity index is 748. The molecule has 0 aliphatic rings. The Balaban J connectivity index is 2.91. The van der Waals surface area contributed by atoms with Crippen LogP contribution in [-0.4, -0.2) is 0 Å². The molecule has 0 nitrogen and oxygen atoms in total. The summed E-state index contributed by atoms with van der Waals surface area (Å²) in [7, 11) is 0. The van der Waals surface area contributed by atoms with E-state index in [9.17, 15) is 0 Å². The molecule has 0 radical (unpaired) electrons. The van der Waals surface area contributed by atoms with Crippen LogP contribution in [0.3, 0.4) is 0 Å². The summed E-state index contributed by atoms with van der Waals surface area (Å²) < 4.78 is 0. The van der Waals surface area contributed by atoms with Gasteiger partial charge in [0.1, 0.15) is 0 Å². The topological polar surface area (TPSA) is 0 Å². The first kappa shape index (κ1) is 23.0. The molecule has 1 aromatic carbocycles. The molecule has 1 atom stereocenters. The van der Waals surface area contributed by atoms with Gasteiger partial charge in [0.05, 0.1) is 0 Å². The summed E-state index contributed by atoms with van der Waals surface area (Å²) in [5.41, 5.74) is 10.3. The Kier molecular flexibility index (Phi) is 9.29. The van der Waals surface area contributed by atoms with Gasteiger partial charge in [-0.05, 0) is 94.1 Å². The quantitative estimate of drug-likeness (QED) is 0.291. The van der Waals surface area contributed by atoms with Crippen LogP contribution >= 0.6 is 0 Å². The lowest BCUT2D eigenvalue weighted by atomic mass is 9.91. The smallest absolute Gasteiger partial charge is 0.00230 e. The molecule has 146 valence electrons. The van der Waals surface area contributed by atoms with Gasteiger partial charge in [0, 0.05) is 0 Å². The SMILES string of the molecule is C=C/C(=C\C(C)=C(C)C)C(=C)Cc1cc(CC[C@H](C)CC(=C)C)ccc1C. The molecule has 27 heavy (non-hydrogen) atoms. The summed E-state index contributed by atoms with van der Waals surface area (Å²) in [6.45, 7) is 25.4. The lowest BCUT2D eigenvalue weighted by Gasteiger charge is -2.14. The Morgan fingerprint density at radius 1 is 1.11 bits per heavy atom. The van der Waals surface area contributed by atoms with Crippen molar-refractivity contribution in [1.82, 2.24) is 0 Å². The first-order valence-corrected chi connectivity index (χ1v) is 10.0. The highest BCUT2D eigenvalue weighted by Crippen LogP contribution is 2.23. The fraction of sp³-hybridized carbons (Fsp3) is 0.407. The molecule has 1 rings (SSSR count). The first-order valence-electron chi connectivity index (χ1n) is 10.0. The van der Waals surface area contributed by atoms with Crippen molar-refractivity contribution in [2.24, 2.45) is 5.92 Å². The van der Waals surface area contributed by atoms with Crippen LogP contribution in [0.25, 0.3) is 0 Å². The average molecular weight is 363 g/mol. The Morgan fingerprint density at radius 3 is 2.33 bits per heavy atom. The van der Waals surface area contributed by atoms with Crippen LogP contribution < -0.4 is 0 Å². The van der Waals surface area contributed by atoms with Crippen molar-refractivity contribution in [2.45, 2.75) is 67.2 Å². The van der Waals surface area contributed by atoms with Gasteiger partial charge in [-0.15, -0.1) is 6.58 Å². The summed E-state index contributed by atoms with van der Waals surface area (Å²) in [6, 6.07) is 6.88. The maximum absolute atomic E-state index is 4.34. The maximum Gasteiger partial charge on any atom is -0.00230 e. The molecule has 0 spiro atoms. The van der Waals surface area contributed by atoms with Gasteiger partial charge in [-0.3, -0.25) is 0 Å². The van der Waals surface area contributed by atoms with E-state index in [1.54, 1.807) is 0 Å². The minimum atomic E-state index is 0.685. The Morgan fingerprint density at radius 2 is 1.78 bits per heavy atom. The summed E-state index contributed by atoms with van der Waals surface area (Å²) in [6.07, 6.45) is 8.43. The highest BCUT2D eigenvalue weighted by atomic mass is 14.1. The van der Waals surface area contributed by atoms with Gasteiger partial charge >= 0.3 is 0 Å². The number of hydrogen-bond donors (Lipinski definition) is 0. The number of benzene rings is 1. The monoisotopic (exact) mass is 362 g/mol. The van der Waals surface area contributed by atoms with Crippen molar-refractivity contribution in [2.75, 3.05) is 0 Å². The van der Waals surface area contributed by atoms with E-state index in [1.807, 2.05) is 6.08 Å². The van der Waals surface area contributed by atoms with E-state index in [4.69, 9.17) is 0 Å². The zero-order valence-corrected chi connectivity index (χ0v) is 18.4. The Labute approximate surface area is 168 Å². The predicted molar refractivity (Wildman–Crippen MR) is 123 cm³/mol. The molecule has 0 aromatic heterocycles. The second-order valence-corrected chi connectivity index (χ2v) is 8.33. The molecule has 0 aliphatic heterocycles. The number of hydrogen-bond acceptors (Lipinski definition) is 0. The van der Waals surface area contributed by atoms with Crippen LogP contribution in [0, 0.1) is 12.8 Å². The van der Waals surface area contributed by atoms with Crippen molar-refractivity contribution in [3.63, 3.8) is 0 Å². The fourth-order valence-electron chi connectivity index (χ4n) is 3.20. The molecule has 0 heteroatoms. The van der Waals surface area contributed by atoms with Gasteiger partial charge in [0.15, 0.2) is 0 Å². The largest absolute Gasteiger partial charge is 0.100 e. The second-order valence-electron chi connectivity index (χ2n) is 8.33. The Hall–Kier alpha value is -2.08. The van der Waals surface area contributed by atoms with E-state index in [-0.39, 0.29) is 0 Å². The molecule has 0 aliphatic carbocycles. The molecule has 0 saturated heterocycles. The average Bonchev–Trinajstić information content (AvgIpc) is 2.59. The zero-order chi connectivity index (χ0) is 20.6. The third kappa shape index (κ3) is 7.99. The van der Waals surface area contributed by atoms with Crippen LogP contribution in [-0.2, 0) is 12.8 Å². The molecule has 1 aromatic rings. The van der Waals surface area contributed by atoms with Gasteiger partial charge < -0.3 is 0 Å². The zero-order valence-electron chi connectivity index (χ0n) is 18.4. The van der Waals surface area contributed by atoms with E-state index in [1.165, 1.54) is 39.8 Å². The summed E-state index contributed by atoms with van der Waals surface area (Å²) in [5.74, 6) is 0.685. The summed E-state index contributed by atoms with van der Waals surface area (Å²) in [4.78, 5) is 0. The number of rotatable bonds is 10. The lowest BCUT2D eigenvalue weighted by Crippen LogP contribution is -2.00. The van der Waals surface area contributed by atoms with Crippen LogP contribution in [0.4, 0.5) is 0 Å². The standard InChI is InChI=1S/C27H38/c1-10-26(16-23(8)20(4)5)24(9)17-27-18-25(14-12-22(27)7)13-11-21(6)15-19(2)3/h10,12,14,16,18,21H,1-2,9,11,13,15,17H2,3-8H3/b26-16+/t21-/m0/s1. The van der Waals surface area contributed by atoms with E-state index in [0.717, 1.165) is 30.4 Å². The van der Waals surface area contributed by atoms with E-state index in [2.05, 4.69) is 85.6 Å². The van der Waals surface area contributed by atoms with Gasteiger partial charge in [-0.1, -0.05) is 67.2 Å².